The number of ketones is 1. The largest absolute Gasteiger partial charge is 0.465 e. The van der Waals surface area contributed by atoms with Crippen LogP contribution in [0.25, 0.3) is 0 Å². The summed E-state index contributed by atoms with van der Waals surface area (Å²) in [6.45, 7) is -0.0916. The molecule has 1 aromatic carbocycles. The highest BCUT2D eigenvalue weighted by Gasteiger charge is 2.17. The fourth-order valence-electron chi connectivity index (χ4n) is 1.25. The van der Waals surface area contributed by atoms with E-state index in [9.17, 15) is 9.59 Å². The average Bonchev–Trinajstić information content (AvgIpc) is 2.28. The van der Waals surface area contributed by atoms with Crippen molar-refractivity contribution < 1.29 is 19.1 Å². The SMILES string of the molecule is COCC(=O)c1ccc(Cl)cc1C(=O)OC. The number of carbonyl (C=O) groups excluding carboxylic acids is 2. The Balaban J connectivity index is 3.17. The maximum absolute atomic E-state index is 11.6. The minimum absolute atomic E-state index is 0.0916. The third-order valence-electron chi connectivity index (χ3n) is 1.96. The molecule has 0 N–H and O–H groups in total. The van der Waals surface area contributed by atoms with Gasteiger partial charge in [-0.3, -0.25) is 4.79 Å². The summed E-state index contributed by atoms with van der Waals surface area (Å²) < 4.78 is 9.29. The van der Waals surface area contributed by atoms with Crippen molar-refractivity contribution in [2.24, 2.45) is 0 Å². The first-order valence-electron chi connectivity index (χ1n) is 4.50. The quantitative estimate of drug-likeness (QED) is 0.598. The Morgan fingerprint density at radius 1 is 1.25 bits per heavy atom. The Kier molecular flexibility index (Phi) is 4.46. The molecule has 0 aliphatic rings. The zero-order valence-corrected chi connectivity index (χ0v) is 9.71. The molecular weight excluding hydrogens is 232 g/mol. The van der Waals surface area contributed by atoms with E-state index in [0.29, 0.717) is 5.02 Å². The van der Waals surface area contributed by atoms with Crippen LogP contribution in [0.15, 0.2) is 18.2 Å². The number of Topliss-reactive ketones (excluding diaryl/α,β-unsaturated/α-hetero) is 1. The van der Waals surface area contributed by atoms with Crippen molar-refractivity contribution >= 4 is 23.4 Å². The molecular formula is C11H11ClO4. The molecule has 0 unspecified atom stereocenters. The highest BCUT2D eigenvalue weighted by Crippen LogP contribution is 2.17. The highest BCUT2D eigenvalue weighted by molar-refractivity contribution is 6.31. The average molecular weight is 243 g/mol. The molecule has 0 aromatic heterocycles. The number of halogens is 1. The minimum Gasteiger partial charge on any atom is -0.465 e. The van der Waals surface area contributed by atoms with Crippen molar-refractivity contribution in [3.05, 3.63) is 34.3 Å². The van der Waals surface area contributed by atoms with Crippen molar-refractivity contribution in [3.63, 3.8) is 0 Å². The second-order valence-corrected chi connectivity index (χ2v) is 3.47. The van der Waals surface area contributed by atoms with E-state index in [1.165, 1.54) is 32.4 Å². The molecule has 1 rings (SSSR count). The van der Waals surface area contributed by atoms with E-state index in [-0.39, 0.29) is 23.5 Å². The van der Waals surface area contributed by atoms with Crippen LogP contribution in [0.1, 0.15) is 20.7 Å². The number of methoxy groups -OCH3 is 2. The number of rotatable bonds is 4. The lowest BCUT2D eigenvalue weighted by Crippen LogP contribution is -2.14. The van der Waals surface area contributed by atoms with Crippen molar-refractivity contribution in [1.82, 2.24) is 0 Å². The molecule has 0 saturated heterocycles. The maximum Gasteiger partial charge on any atom is 0.338 e. The van der Waals surface area contributed by atoms with Crippen LogP contribution in [0.4, 0.5) is 0 Å². The van der Waals surface area contributed by atoms with Crippen LogP contribution in [-0.2, 0) is 9.47 Å². The Morgan fingerprint density at radius 2 is 1.94 bits per heavy atom. The van der Waals surface area contributed by atoms with Crippen LogP contribution in [0.5, 0.6) is 0 Å². The van der Waals surface area contributed by atoms with Gasteiger partial charge in [0, 0.05) is 17.7 Å². The zero-order valence-electron chi connectivity index (χ0n) is 8.95. The third kappa shape index (κ3) is 2.81. The first-order valence-corrected chi connectivity index (χ1v) is 4.88. The lowest BCUT2D eigenvalue weighted by molar-refractivity contribution is 0.0595. The Labute approximate surface area is 98.1 Å². The van der Waals surface area contributed by atoms with E-state index in [1.54, 1.807) is 0 Å². The summed E-state index contributed by atoms with van der Waals surface area (Å²) in [4.78, 5) is 23.0. The van der Waals surface area contributed by atoms with Gasteiger partial charge >= 0.3 is 5.97 Å². The van der Waals surface area contributed by atoms with E-state index in [0.717, 1.165) is 0 Å². The van der Waals surface area contributed by atoms with Gasteiger partial charge < -0.3 is 9.47 Å². The van der Waals surface area contributed by atoms with Gasteiger partial charge in [-0.2, -0.15) is 0 Å². The molecule has 0 spiro atoms. The van der Waals surface area contributed by atoms with Gasteiger partial charge in [-0.05, 0) is 18.2 Å². The van der Waals surface area contributed by atoms with Crippen LogP contribution in [-0.4, -0.2) is 32.6 Å². The molecule has 0 bridgehead atoms. The number of hydrogen-bond donors (Lipinski definition) is 0. The van der Waals surface area contributed by atoms with Gasteiger partial charge in [0.2, 0.25) is 0 Å². The van der Waals surface area contributed by atoms with Crippen LogP contribution < -0.4 is 0 Å². The molecule has 0 amide bonds. The van der Waals surface area contributed by atoms with E-state index in [1.807, 2.05) is 0 Å². The Morgan fingerprint density at radius 3 is 2.50 bits per heavy atom. The fraction of sp³-hybridized carbons (Fsp3) is 0.273. The summed E-state index contributed by atoms with van der Waals surface area (Å²) >= 11 is 5.75. The van der Waals surface area contributed by atoms with E-state index in [4.69, 9.17) is 16.3 Å². The predicted octanol–water partition coefficient (Wildman–Crippen LogP) is 1.96. The van der Waals surface area contributed by atoms with Gasteiger partial charge in [0.15, 0.2) is 5.78 Å². The number of hydrogen-bond acceptors (Lipinski definition) is 4. The molecule has 1 aromatic rings. The molecule has 0 aliphatic heterocycles. The van der Waals surface area contributed by atoms with Gasteiger partial charge in [-0.1, -0.05) is 11.6 Å². The van der Waals surface area contributed by atoms with Crippen LogP contribution >= 0.6 is 11.6 Å². The molecule has 0 heterocycles. The van der Waals surface area contributed by atoms with E-state index >= 15 is 0 Å². The molecule has 0 radical (unpaired) electrons. The standard InChI is InChI=1S/C11H11ClO4/c1-15-6-10(13)8-4-3-7(12)5-9(8)11(14)16-2/h3-5H,6H2,1-2H3. The normalized spacial score (nSPS) is 9.94. The Hall–Kier alpha value is -1.39. The zero-order chi connectivity index (χ0) is 12.1. The lowest BCUT2D eigenvalue weighted by Gasteiger charge is -2.06. The molecule has 0 fully saturated rings. The number of benzene rings is 1. The molecule has 4 nitrogen and oxygen atoms in total. The highest BCUT2D eigenvalue weighted by atomic mass is 35.5. The van der Waals surface area contributed by atoms with Gasteiger partial charge in [0.1, 0.15) is 6.61 Å². The molecule has 16 heavy (non-hydrogen) atoms. The summed E-state index contributed by atoms with van der Waals surface area (Å²) in [5.41, 5.74) is 0.398. The Bertz CT molecular complexity index is 414. The summed E-state index contributed by atoms with van der Waals surface area (Å²) in [5.74, 6) is -0.887. The van der Waals surface area contributed by atoms with Gasteiger partial charge in [-0.15, -0.1) is 0 Å². The van der Waals surface area contributed by atoms with Gasteiger partial charge in [-0.25, -0.2) is 4.79 Å². The van der Waals surface area contributed by atoms with Crippen molar-refractivity contribution in [2.45, 2.75) is 0 Å². The van der Waals surface area contributed by atoms with Crippen molar-refractivity contribution in [1.29, 1.82) is 0 Å². The predicted molar refractivity (Wildman–Crippen MR) is 59.0 cm³/mol. The first-order chi connectivity index (χ1) is 7.60. The second-order valence-electron chi connectivity index (χ2n) is 3.04. The second kappa shape index (κ2) is 5.63. The van der Waals surface area contributed by atoms with E-state index < -0.39 is 5.97 Å². The van der Waals surface area contributed by atoms with Crippen LogP contribution in [0.2, 0.25) is 5.02 Å². The molecule has 0 aliphatic carbocycles. The topological polar surface area (TPSA) is 52.6 Å². The van der Waals surface area contributed by atoms with Crippen LogP contribution in [0, 0.1) is 0 Å². The summed E-state index contributed by atoms with van der Waals surface area (Å²) in [5, 5.41) is 0.370. The smallest absolute Gasteiger partial charge is 0.338 e. The lowest BCUT2D eigenvalue weighted by atomic mass is 10.0. The summed E-state index contributed by atoms with van der Waals surface area (Å²) in [6, 6.07) is 4.42. The van der Waals surface area contributed by atoms with Gasteiger partial charge in [0.05, 0.1) is 12.7 Å². The number of ether oxygens (including phenoxy) is 2. The van der Waals surface area contributed by atoms with Crippen molar-refractivity contribution in [3.8, 4) is 0 Å². The number of carbonyl (C=O) groups is 2. The summed E-state index contributed by atoms with van der Waals surface area (Å²) in [7, 11) is 2.65. The van der Waals surface area contributed by atoms with Crippen LogP contribution in [0.3, 0.4) is 0 Å². The molecule has 0 atom stereocenters. The summed E-state index contributed by atoms with van der Waals surface area (Å²) in [6.07, 6.45) is 0. The maximum atomic E-state index is 11.6. The first kappa shape index (κ1) is 12.7. The third-order valence-corrected chi connectivity index (χ3v) is 2.20. The van der Waals surface area contributed by atoms with Crippen molar-refractivity contribution in [2.75, 3.05) is 20.8 Å². The number of esters is 1. The van der Waals surface area contributed by atoms with Gasteiger partial charge in [0.25, 0.3) is 0 Å². The fourth-order valence-corrected chi connectivity index (χ4v) is 1.42. The minimum atomic E-state index is -0.595. The molecule has 86 valence electrons. The monoisotopic (exact) mass is 242 g/mol. The van der Waals surface area contributed by atoms with E-state index in [2.05, 4.69) is 4.74 Å². The molecule has 5 heteroatoms. The molecule has 0 saturated carbocycles.